The number of aromatic hydroxyl groups is 2. The second-order valence-electron chi connectivity index (χ2n) is 5.39. The average molecular weight is 436 g/mol. The van der Waals surface area contributed by atoms with Crippen molar-refractivity contribution in [2.75, 3.05) is 0 Å². The topological polar surface area (TPSA) is 92.0 Å². The Kier molecular flexibility index (Phi) is 8.34. The van der Waals surface area contributed by atoms with Crippen LogP contribution in [0.2, 0.25) is 0 Å². The number of halogens is 2. The number of aromatic nitrogens is 4. The summed E-state index contributed by atoms with van der Waals surface area (Å²) in [5.74, 6) is 0.458. The normalized spacial score (nSPS) is 9.63. The van der Waals surface area contributed by atoms with E-state index < -0.39 is 20.5 Å². The summed E-state index contributed by atoms with van der Waals surface area (Å²) in [6.45, 7) is 3.79. The van der Waals surface area contributed by atoms with Crippen LogP contribution in [0.3, 0.4) is 0 Å². The molecule has 0 amide bonds. The zero-order valence-electron chi connectivity index (χ0n) is 14.6. The molecule has 4 heterocycles. The average Bonchev–Trinajstić information content (AvgIpc) is 2.63. The Morgan fingerprint density at radius 3 is 1.44 bits per heavy atom. The summed E-state index contributed by atoms with van der Waals surface area (Å²) in [5, 5.41) is 20.2. The Hall–Kier alpha value is -1.83. The third kappa shape index (κ3) is 6.09. The second kappa shape index (κ2) is 10.5. The van der Waals surface area contributed by atoms with Gasteiger partial charge in [-0.3, -0.25) is 0 Å². The van der Waals surface area contributed by atoms with Crippen molar-refractivity contribution in [2.45, 2.75) is 13.8 Å². The molecule has 0 saturated heterocycles. The first kappa shape index (κ1) is 21.5. The van der Waals surface area contributed by atoms with Crippen LogP contribution in [0.4, 0.5) is 0 Å². The van der Waals surface area contributed by atoms with E-state index in [1.807, 2.05) is 38.1 Å². The fourth-order valence-electron chi connectivity index (χ4n) is 2.22. The fourth-order valence-corrected chi connectivity index (χ4v) is 2.22. The summed E-state index contributed by atoms with van der Waals surface area (Å²) in [6, 6.07) is 10.5. The standard InChI is InChI=1S/2C9H8N2O.2ClH.Sc/c2*1-6-2-3-7-8(12)4-5-10-9(7)11-6;;;/h2*2-5H,1H3,(H,10,11,12);2*1H;/q;;;;+2/p-2. The molecular weight excluding hydrogens is 420 g/mol. The van der Waals surface area contributed by atoms with Crippen LogP contribution in [0.5, 0.6) is 11.5 Å². The van der Waals surface area contributed by atoms with E-state index in [0.717, 1.165) is 11.4 Å². The predicted molar refractivity (Wildman–Crippen MR) is 104 cm³/mol. The van der Waals surface area contributed by atoms with E-state index in [2.05, 4.69) is 19.9 Å². The van der Waals surface area contributed by atoms with Gasteiger partial charge in [0.25, 0.3) is 0 Å². The molecule has 4 aromatic heterocycles. The van der Waals surface area contributed by atoms with Gasteiger partial charge in [0.05, 0.1) is 10.8 Å². The van der Waals surface area contributed by atoms with Crippen molar-refractivity contribution >= 4 is 39.2 Å². The van der Waals surface area contributed by atoms with Crippen molar-refractivity contribution in [1.29, 1.82) is 0 Å². The van der Waals surface area contributed by atoms with Crippen molar-refractivity contribution in [3.8, 4) is 11.5 Å². The molecule has 137 valence electrons. The summed E-state index contributed by atoms with van der Waals surface area (Å²) in [4.78, 5) is 16.4. The third-order valence-electron chi connectivity index (χ3n) is 3.44. The molecule has 0 spiro atoms. The van der Waals surface area contributed by atoms with Gasteiger partial charge < -0.3 is 10.2 Å². The van der Waals surface area contributed by atoms with Crippen LogP contribution in [0.25, 0.3) is 22.1 Å². The van der Waals surface area contributed by atoms with Gasteiger partial charge in [-0.1, -0.05) is 0 Å². The van der Waals surface area contributed by atoms with E-state index in [1.54, 1.807) is 24.5 Å². The molecule has 0 aromatic carbocycles. The number of nitrogens with zero attached hydrogens (tertiary/aromatic N) is 4. The van der Waals surface area contributed by atoms with Crippen LogP contribution in [-0.4, -0.2) is 30.1 Å². The van der Waals surface area contributed by atoms with Gasteiger partial charge in [-0.15, -0.1) is 0 Å². The van der Waals surface area contributed by atoms with Gasteiger partial charge in [0.15, 0.2) is 11.3 Å². The molecule has 6 nitrogen and oxygen atoms in total. The number of pyridine rings is 4. The number of hydrogen-bond donors (Lipinski definition) is 2. The van der Waals surface area contributed by atoms with Crippen molar-refractivity contribution < 1.29 is 30.8 Å². The molecule has 0 aliphatic rings. The SMILES string of the molecule is Cc1ccc2c(O)ccnc2n1.Cc1ccc2c(O)ccnc2n1.[Cl][Sc][Cl]. The van der Waals surface area contributed by atoms with Crippen LogP contribution < -0.4 is 0 Å². The van der Waals surface area contributed by atoms with E-state index in [0.29, 0.717) is 22.1 Å². The molecule has 2 N–H and O–H groups in total. The Morgan fingerprint density at radius 2 is 1.07 bits per heavy atom. The zero-order valence-corrected chi connectivity index (χ0v) is 18.0. The van der Waals surface area contributed by atoms with Gasteiger partial charge in [-0.05, 0) is 50.2 Å². The monoisotopic (exact) mass is 435 g/mol. The van der Waals surface area contributed by atoms with Crippen molar-refractivity contribution in [1.82, 2.24) is 19.9 Å². The number of fused-ring (bicyclic) bond motifs is 2. The maximum atomic E-state index is 9.38. The molecule has 0 unspecified atom stereocenters. The third-order valence-corrected chi connectivity index (χ3v) is 3.44. The molecule has 0 bridgehead atoms. The Bertz CT molecular complexity index is 967. The minimum absolute atomic E-state index is 0.229. The van der Waals surface area contributed by atoms with Gasteiger partial charge in [0.1, 0.15) is 11.5 Å². The van der Waals surface area contributed by atoms with Crippen molar-refractivity contribution in [3.05, 3.63) is 60.2 Å². The first-order valence-corrected chi connectivity index (χ1v) is 12.8. The van der Waals surface area contributed by atoms with Gasteiger partial charge in [0.2, 0.25) is 0 Å². The number of rotatable bonds is 0. The Balaban J connectivity index is 0.000000170. The van der Waals surface area contributed by atoms with E-state index in [-0.39, 0.29) is 11.5 Å². The molecule has 4 rings (SSSR count). The van der Waals surface area contributed by atoms with Gasteiger partial charge in [-0.25, -0.2) is 19.9 Å². The summed E-state index contributed by atoms with van der Waals surface area (Å²) in [7, 11) is 9.84. The molecule has 4 aromatic rings. The second-order valence-corrected chi connectivity index (χ2v) is 8.37. The van der Waals surface area contributed by atoms with Gasteiger partial charge in [-0.2, -0.15) is 0 Å². The molecule has 0 radical (unpaired) electrons. The summed E-state index contributed by atoms with van der Waals surface area (Å²) >= 11 is -0.743. The number of aryl methyl sites for hydroxylation is 2. The molecule has 0 fully saturated rings. The first-order chi connectivity index (χ1) is 13.0. The summed E-state index contributed by atoms with van der Waals surface area (Å²) < 4.78 is 0. The summed E-state index contributed by atoms with van der Waals surface area (Å²) in [5.41, 5.74) is 2.99. The molecule has 0 aliphatic carbocycles. The van der Waals surface area contributed by atoms with Crippen LogP contribution in [0.15, 0.2) is 48.8 Å². The van der Waals surface area contributed by atoms with Crippen LogP contribution >= 0.6 is 17.2 Å². The molecule has 0 aliphatic heterocycles. The summed E-state index contributed by atoms with van der Waals surface area (Å²) in [6.07, 6.45) is 3.09. The van der Waals surface area contributed by atoms with Crippen molar-refractivity contribution in [3.63, 3.8) is 0 Å². The van der Waals surface area contributed by atoms with Crippen LogP contribution in [-0.2, 0) is 20.5 Å². The molecule has 27 heavy (non-hydrogen) atoms. The molecule has 9 heteroatoms. The first-order valence-electron chi connectivity index (χ1n) is 7.81. The quantitative estimate of drug-likeness (QED) is 0.417. The van der Waals surface area contributed by atoms with E-state index in [9.17, 15) is 10.2 Å². The molecule has 0 saturated carbocycles. The fraction of sp³-hybridized carbons (Fsp3) is 0.111. The van der Waals surface area contributed by atoms with E-state index in [1.165, 1.54) is 0 Å². The van der Waals surface area contributed by atoms with E-state index >= 15 is 0 Å². The molecule has 0 atom stereocenters. The van der Waals surface area contributed by atoms with Gasteiger partial charge >= 0.3 is 37.7 Å². The van der Waals surface area contributed by atoms with Gasteiger partial charge in [0, 0.05) is 23.8 Å². The molecular formula is C18H16Cl2N4O2Sc. The van der Waals surface area contributed by atoms with E-state index in [4.69, 9.17) is 17.2 Å². The number of hydrogen-bond acceptors (Lipinski definition) is 6. The van der Waals surface area contributed by atoms with Crippen LogP contribution in [0, 0.1) is 13.8 Å². The predicted octanol–water partition coefficient (Wildman–Crippen LogP) is 4.66. The maximum absolute atomic E-state index is 9.38. The zero-order chi connectivity index (χ0) is 19.8. The van der Waals surface area contributed by atoms with Crippen molar-refractivity contribution in [2.24, 2.45) is 0 Å². The van der Waals surface area contributed by atoms with Crippen LogP contribution in [0.1, 0.15) is 11.4 Å². The Morgan fingerprint density at radius 1 is 0.704 bits per heavy atom. The Labute approximate surface area is 174 Å². The minimum atomic E-state index is -0.743.